The smallest absolute Gasteiger partial charge is 0.273 e. The molecule has 0 spiro atoms. The van der Waals surface area contributed by atoms with E-state index in [0.717, 1.165) is 11.3 Å². The number of nitrogens with zero attached hydrogens (tertiary/aromatic N) is 3. The summed E-state index contributed by atoms with van der Waals surface area (Å²) < 4.78 is 6.70. The molecule has 2 amide bonds. The van der Waals surface area contributed by atoms with E-state index >= 15 is 0 Å². The summed E-state index contributed by atoms with van der Waals surface area (Å²) in [6, 6.07) is 14.6. The molecule has 0 saturated carbocycles. The molecule has 3 aromatic rings. The summed E-state index contributed by atoms with van der Waals surface area (Å²) in [5.74, 6) is 0.131. The lowest BCUT2D eigenvalue weighted by atomic mass is 10.2. The molecule has 1 aromatic heterocycles. The maximum absolute atomic E-state index is 12.4. The number of carbonyl (C=O) groups is 2. The number of rotatable bonds is 7. The molecule has 1 heterocycles. The van der Waals surface area contributed by atoms with Gasteiger partial charge in [0.05, 0.1) is 18.5 Å². The first-order valence-electron chi connectivity index (χ1n) is 9.19. The van der Waals surface area contributed by atoms with Crippen molar-refractivity contribution >= 4 is 11.8 Å². The van der Waals surface area contributed by atoms with Gasteiger partial charge in [0, 0.05) is 18.7 Å². The fourth-order valence-corrected chi connectivity index (χ4v) is 2.82. The number of nitrogens with one attached hydrogen (secondary N) is 2. The third kappa shape index (κ3) is 4.78. The molecular formula is C21H23N5O3. The molecule has 2 aromatic carbocycles. The first-order valence-corrected chi connectivity index (χ1v) is 9.19. The van der Waals surface area contributed by atoms with Crippen LogP contribution >= 0.6 is 0 Å². The van der Waals surface area contributed by atoms with Crippen LogP contribution in [0.3, 0.4) is 0 Å². The molecule has 8 heteroatoms. The van der Waals surface area contributed by atoms with Crippen LogP contribution in [0, 0.1) is 13.8 Å². The molecule has 3 rings (SSSR count). The largest absolute Gasteiger partial charge is 0.497 e. The Morgan fingerprint density at radius 1 is 1.00 bits per heavy atom. The zero-order valence-electron chi connectivity index (χ0n) is 16.6. The van der Waals surface area contributed by atoms with E-state index < -0.39 is 0 Å². The van der Waals surface area contributed by atoms with Crippen molar-refractivity contribution in [2.45, 2.75) is 13.8 Å². The maximum atomic E-state index is 12.4. The maximum Gasteiger partial charge on any atom is 0.273 e. The number of aromatic nitrogens is 3. The number of ether oxygens (including phenoxy) is 1. The van der Waals surface area contributed by atoms with Crippen molar-refractivity contribution < 1.29 is 14.3 Å². The van der Waals surface area contributed by atoms with E-state index in [4.69, 9.17) is 4.74 Å². The van der Waals surface area contributed by atoms with E-state index in [1.807, 2.05) is 31.2 Å². The van der Waals surface area contributed by atoms with E-state index in [1.54, 1.807) is 43.0 Å². The summed E-state index contributed by atoms with van der Waals surface area (Å²) in [6.45, 7) is 4.35. The van der Waals surface area contributed by atoms with Crippen LogP contribution in [0.25, 0.3) is 5.69 Å². The lowest BCUT2D eigenvalue weighted by Crippen LogP contribution is -2.35. The van der Waals surface area contributed by atoms with Gasteiger partial charge >= 0.3 is 0 Å². The zero-order chi connectivity index (χ0) is 20.8. The van der Waals surface area contributed by atoms with Crippen molar-refractivity contribution in [1.29, 1.82) is 0 Å². The highest BCUT2D eigenvalue weighted by Gasteiger charge is 2.17. The van der Waals surface area contributed by atoms with Crippen molar-refractivity contribution in [3.05, 3.63) is 71.0 Å². The Balaban J connectivity index is 1.52. The third-order valence-corrected chi connectivity index (χ3v) is 4.40. The first kappa shape index (κ1) is 20.1. The highest BCUT2D eigenvalue weighted by atomic mass is 16.5. The normalized spacial score (nSPS) is 10.4. The van der Waals surface area contributed by atoms with E-state index in [1.165, 1.54) is 0 Å². The Morgan fingerprint density at radius 2 is 1.69 bits per heavy atom. The lowest BCUT2D eigenvalue weighted by molar-refractivity contribution is 0.0924. The second-order valence-corrected chi connectivity index (χ2v) is 6.51. The van der Waals surface area contributed by atoms with Gasteiger partial charge in [-0.1, -0.05) is 17.3 Å². The molecule has 150 valence electrons. The van der Waals surface area contributed by atoms with E-state index in [-0.39, 0.29) is 24.1 Å². The lowest BCUT2D eigenvalue weighted by Gasteiger charge is -2.08. The van der Waals surface area contributed by atoms with Gasteiger partial charge in [0.2, 0.25) is 0 Å². The average Bonchev–Trinajstić information content (AvgIpc) is 3.12. The Kier molecular flexibility index (Phi) is 6.23. The van der Waals surface area contributed by atoms with Crippen LogP contribution < -0.4 is 15.4 Å². The monoisotopic (exact) mass is 393 g/mol. The predicted molar refractivity (Wildman–Crippen MR) is 108 cm³/mol. The average molecular weight is 393 g/mol. The summed E-state index contributed by atoms with van der Waals surface area (Å²) in [5.41, 5.74) is 3.37. The molecule has 0 fully saturated rings. The highest BCUT2D eigenvalue weighted by molar-refractivity contribution is 5.95. The minimum Gasteiger partial charge on any atom is -0.497 e. The van der Waals surface area contributed by atoms with E-state index in [0.29, 0.717) is 23.6 Å². The summed E-state index contributed by atoms with van der Waals surface area (Å²) in [4.78, 5) is 24.5. The summed E-state index contributed by atoms with van der Waals surface area (Å²) in [5, 5.41) is 13.6. The minimum absolute atomic E-state index is 0.219. The third-order valence-electron chi connectivity index (χ3n) is 4.40. The van der Waals surface area contributed by atoms with Gasteiger partial charge in [-0.15, -0.1) is 5.10 Å². The second-order valence-electron chi connectivity index (χ2n) is 6.51. The molecule has 0 aliphatic carbocycles. The molecule has 2 N–H and O–H groups in total. The van der Waals surface area contributed by atoms with Gasteiger partial charge in [0.25, 0.3) is 11.8 Å². The molecular weight excluding hydrogens is 370 g/mol. The summed E-state index contributed by atoms with van der Waals surface area (Å²) in [7, 11) is 1.57. The molecule has 0 atom stereocenters. The van der Waals surface area contributed by atoms with Gasteiger partial charge in [-0.3, -0.25) is 9.59 Å². The van der Waals surface area contributed by atoms with E-state index in [2.05, 4.69) is 20.9 Å². The topological polar surface area (TPSA) is 98.1 Å². The van der Waals surface area contributed by atoms with Crippen LogP contribution in [0.4, 0.5) is 0 Å². The van der Waals surface area contributed by atoms with Crippen molar-refractivity contribution in [3.63, 3.8) is 0 Å². The number of hydrogen-bond acceptors (Lipinski definition) is 5. The van der Waals surface area contributed by atoms with Crippen LogP contribution in [-0.2, 0) is 0 Å². The van der Waals surface area contributed by atoms with Crippen molar-refractivity contribution in [2.24, 2.45) is 0 Å². The molecule has 0 unspecified atom stereocenters. The van der Waals surface area contributed by atoms with Crippen LogP contribution in [0.2, 0.25) is 0 Å². The Labute approximate surface area is 168 Å². The molecule has 29 heavy (non-hydrogen) atoms. The number of benzene rings is 2. The Morgan fingerprint density at radius 3 is 2.34 bits per heavy atom. The number of carbonyl (C=O) groups excluding carboxylic acids is 2. The predicted octanol–water partition coefficient (Wildman–Crippen LogP) is 2.05. The van der Waals surface area contributed by atoms with Gasteiger partial charge in [-0.05, 0) is 55.8 Å². The SMILES string of the molecule is COc1ccc(C(=O)NCCNC(=O)c2nnn(-c3cccc(C)c3)c2C)cc1. The van der Waals surface area contributed by atoms with Crippen molar-refractivity contribution in [2.75, 3.05) is 20.2 Å². The molecule has 0 radical (unpaired) electrons. The fraction of sp³-hybridized carbons (Fsp3) is 0.238. The number of methoxy groups -OCH3 is 1. The molecule has 0 bridgehead atoms. The fourth-order valence-electron chi connectivity index (χ4n) is 2.82. The molecule has 0 saturated heterocycles. The van der Waals surface area contributed by atoms with Gasteiger partial charge < -0.3 is 15.4 Å². The minimum atomic E-state index is -0.333. The summed E-state index contributed by atoms with van der Waals surface area (Å²) >= 11 is 0. The van der Waals surface area contributed by atoms with Gasteiger partial charge in [0.1, 0.15) is 5.75 Å². The van der Waals surface area contributed by atoms with Crippen molar-refractivity contribution in [1.82, 2.24) is 25.6 Å². The van der Waals surface area contributed by atoms with Crippen LogP contribution in [0.1, 0.15) is 32.1 Å². The molecule has 8 nitrogen and oxygen atoms in total. The van der Waals surface area contributed by atoms with Crippen LogP contribution in [0.5, 0.6) is 5.75 Å². The zero-order valence-corrected chi connectivity index (χ0v) is 16.6. The van der Waals surface area contributed by atoms with Gasteiger partial charge in [-0.2, -0.15) is 0 Å². The standard InChI is InChI=1S/C21H23N5O3/c1-14-5-4-6-17(13-14)26-15(2)19(24-25-26)21(28)23-12-11-22-20(27)16-7-9-18(29-3)10-8-16/h4-10,13H,11-12H2,1-3H3,(H,22,27)(H,23,28). The van der Waals surface area contributed by atoms with E-state index in [9.17, 15) is 9.59 Å². The first-order chi connectivity index (χ1) is 14.0. The van der Waals surface area contributed by atoms with Crippen LogP contribution in [-0.4, -0.2) is 47.0 Å². The second kappa shape index (κ2) is 9.01. The van der Waals surface area contributed by atoms with Gasteiger partial charge in [0.15, 0.2) is 5.69 Å². The molecule has 0 aliphatic rings. The van der Waals surface area contributed by atoms with Gasteiger partial charge in [-0.25, -0.2) is 4.68 Å². The number of hydrogen-bond donors (Lipinski definition) is 2. The highest BCUT2D eigenvalue weighted by Crippen LogP contribution is 2.13. The van der Waals surface area contributed by atoms with Crippen molar-refractivity contribution in [3.8, 4) is 11.4 Å². The Hall–Kier alpha value is -3.68. The molecule has 0 aliphatic heterocycles. The van der Waals surface area contributed by atoms with Crippen LogP contribution in [0.15, 0.2) is 48.5 Å². The Bertz CT molecular complexity index is 1010. The number of amides is 2. The number of aryl methyl sites for hydroxylation is 1. The summed E-state index contributed by atoms with van der Waals surface area (Å²) in [6.07, 6.45) is 0. The quantitative estimate of drug-likeness (QED) is 0.599.